The molecule has 0 saturated carbocycles. The number of nitrogens with two attached hydrogens (primary N) is 1. The summed E-state index contributed by atoms with van der Waals surface area (Å²) in [6, 6.07) is 7.33. The second kappa shape index (κ2) is 6.01. The summed E-state index contributed by atoms with van der Waals surface area (Å²) in [5.74, 6) is -0.237. The van der Waals surface area contributed by atoms with E-state index in [9.17, 15) is 13.2 Å². The largest absolute Gasteiger partial charge is 0.336 e. The van der Waals surface area contributed by atoms with Gasteiger partial charge >= 0.3 is 0 Å². The van der Waals surface area contributed by atoms with Crippen molar-refractivity contribution in [2.45, 2.75) is 38.3 Å². The van der Waals surface area contributed by atoms with Crippen molar-refractivity contribution in [1.29, 1.82) is 0 Å². The summed E-state index contributed by atoms with van der Waals surface area (Å²) in [5.41, 5.74) is 8.15. The zero-order valence-corrected chi connectivity index (χ0v) is 14.2. The van der Waals surface area contributed by atoms with Gasteiger partial charge in [0.05, 0.1) is 11.8 Å². The van der Waals surface area contributed by atoms with Gasteiger partial charge in [-0.2, -0.15) is 0 Å². The number of amides is 1. The van der Waals surface area contributed by atoms with Crippen molar-refractivity contribution in [3.63, 3.8) is 0 Å². The maximum atomic E-state index is 12.5. The Kier molecular flexibility index (Phi) is 4.63. The van der Waals surface area contributed by atoms with Gasteiger partial charge in [-0.05, 0) is 17.5 Å². The lowest BCUT2D eigenvalue weighted by Crippen LogP contribution is -2.51. The molecule has 6 heteroatoms. The molecule has 1 aliphatic heterocycles. The molecule has 0 radical (unpaired) electrons. The third kappa shape index (κ3) is 3.87. The van der Waals surface area contributed by atoms with Crippen LogP contribution in [-0.4, -0.2) is 43.8 Å². The normalized spacial score (nSPS) is 18.6. The second-order valence-corrected chi connectivity index (χ2v) is 9.02. The number of fused-ring (bicyclic) bond motifs is 1. The standard InChI is InChI=1S/C16H24N2O3S/c1-16(2)11-18(10-12-6-4-5-7-13(12)16)15(19)14(17)8-9-22(3,20)21/h4-7,14H,8-11,17H2,1-3H3. The van der Waals surface area contributed by atoms with Gasteiger partial charge in [0.15, 0.2) is 0 Å². The highest BCUT2D eigenvalue weighted by Crippen LogP contribution is 2.33. The van der Waals surface area contributed by atoms with Crippen molar-refractivity contribution in [3.05, 3.63) is 35.4 Å². The average Bonchev–Trinajstić information content (AvgIpc) is 2.42. The molecular formula is C16H24N2O3S. The van der Waals surface area contributed by atoms with Crippen LogP contribution >= 0.6 is 0 Å². The summed E-state index contributed by atoms with van der Waals surface area (Å²) in [6.45, 7) is 5.33. The van der Waals surface area contributed by atoms with E-state index in [2.05, 4.69) is 19.9 Å². The SMILES string of the molecule is CC1(C)CN(C(=O)C(N)CCS(C)(=O)=O)Cc2ccccc21. The molecule has 1 heterocycles. The number of nitrogens with zero attached hydrogens (tertiary/aromatic N) is 1. The molecule has 0 fully saturated rings. The molecule has 1 amide bonds. The van der Waals surface area contributed by atoms with Crippen LogP contribution in [0.1, 0.15) is 31.4 Å². The summed E-state index contributed by atoms with van der Waals surface area (Å²) in [7, 11) is -3.11. The van der Waals surface area contributed by atoms with E-state index >= 15 is 0 Å². The van der Waals surface area contributed by atoms with E-state index in [1.807, 2.05) is 18.2 Å². The summed E-state index contributed by atoms with van der Waals surface area (Å²) >= 11 is 0. The minimum absolute atomic E-state index is 0.0618. The molecule has 1 aromatic carbocycles. The highest BCUT2D eigenvalue weighted by molar-refractivity contribution is 7.90. The number of benzene rings is 1. The minimum Gasteiger partial charge on any atom is -0.336 e. The number of hydrogen-bond donors (Lipinski definition) is 1. The average molecular weight is 324 g/mol. The van der Waals surface area contributed by atoms with Gasteiger partial charge < -0.3 is 10.6 Å². The molecule has 1 aliphatic rings. The quantitative estimate of drug-likeness (QED) is 0.898. The lowest BCUT2D eigenvalue weighted by Gasteiger charge is -2.40. The first-order valence-corrected chi connectivity index (χ1v) is 9.47. The Hall–Kier alpha value is -1.40. The Morgan fingerprint density at radius 2 is 2.00 bits per heavy atom. The number of carbonyl (C=O) groups is 1. The summed E-state index contributed by atoms with van der Waals surface area (Å²) in [4.78, 5) is 14.3. The first-order valence-electron chi connectivity index (χ1n) is 7.41. The number of sulfone groups is 1. The Balaban J connectivity index is 2.12. The van der Waals surface area contributed by atoms with Crippen molar-refractivity contribution in [1.82, 2.24) is 4.90 Å². The molecule has 2 rings (SSSR count). The van der Waals surface area contributed by atoms with Crippen LogP contribution in [0.4, 0.5) is 0 Å². The molecular weight excluding hydrogens is 300 g/mol. The molecule has 0 aliphatic carbocycles. The van der Waals surface area contributed by atoms with Crippen LogP contribution in [0.3, 0.4) is 0 Å². The first kappa shape index (κ1) is 17.0. The highest BCUT2D eigenvalue weighted by Gasteiger charge is 2.35. The highest BCUT2D eigenvalue weighted by atomic mass is 32.2. The molecule has 22 heavy (non-hydrogen) atoms. The number of carbonyl (C=O) groups excluding carboxylic acids is 1. The van der Waals surface area contributed by atoms with Gasteiger partial charge in [-0.1, -0.05) is 38.1 Å². The van der Waals surface area contributed by atoms with Gasteiger partial charge in [0.25, 0.3) is 0 Å². The molecule has 2 N–H and O–H groups in total. The van der Waals surface area contributed by atoms with E-state index in [1.165, 1.54) is 5.56 Å². The van der Waals surface area contributed by atoms with E-state index in [0.29, 0.717) is 13.1 Å². The maximum absolute atomic E-state index is 12.5. The Morgan fingerprint density at radius 3 is 2.64 bits per heavy atom. The van der Waals surface area contributed by atoms with Gasteiger partial charge in [-0.3, -0.25) is 4.79 Å². The van der Waals surface area contributed by atoms with Crippen LogP contribution < -0.4 is 5.73 Å². The Labute approximate surface area is 132 Å². The van der Waals surface area contributed by atoms with Crippen LogP contribution in [0, 0.1) is 0 Å². The predicted molar refractivity (Wildman–Crippen MR) is 87.2 cm³/mol. The summed E-state index contributed by atoms with van der Waals surface area (Å²) in [6.07, 6.45) is 1.32. The van der Waals surface area contributed by atoms with Gasteiger partial charge in [0, 0.05) is 24.8 Å². The van der Waals surface area contributed by atoms with Gasteiger partial charge in [0.2, 0.25) is 5.91 Å². The van der Waals surface area contributed by atoms with Crippen LogP contribution in [-0.2, 0) is 26.6 Å². The predicted octanol–water partition coefficient (Wildman–Crippen LogP) is 1.07. The summed E-state index contributed by atoms with van der Waals surface area (Å²) < 4.78 is 22.4. The van der Waals surface area contributed by atoms with Crippen molar-refractivity contribution < 1.29 is 13.2 Å². The lowest BCUT2D eigenvalue weighted by molar-refractivity contribution is -0.134. The molecule has 0 spiro atoms. The molecule has 1 unspecified atom stereocenters. The van der Waals surface area contributed by atoms with Gasteiger partial charge in [-0.25, -0.2) is 8.42 Å². The molecule has 0 saturated heterocycles. The fourth-order valence-electron chi connectivity index (χ4n) is 3.00. The van der Waals surface area contributed by atoms with E-state index in [-0.39, 0.29) is 23.5 Å². The van der Waals surface area contributed by atoms with Crippen LogP contribution in [0.15, 0.2) is 24.3 Å². The zero-order valence-electron chi connectivity index (χ0n) is 13.4. The molecule has 5 nitrogen and oxygen atoms in total. The molecule has 0 bridgehead atoms. The number of rotatable bonds is 4. The van der Waals surface area contributed by atoms with Crippen LogP contribution in [0.2, 0.25) is 0 Å². The number of hydrogen-bond acceptors (Lipinski definition) is 4. The van der Waals surface area contributed by atoms with Gasteiger partial charge in [0.1, 0.15) is 9.84 Å². The second-order valence-electron chi connectivity index (χ2n) is 6.76. The monoisotopic (exact) mass is 324 g/mol. The lowest BCUT2D eigenvalue weighted by atomic mass is 9.78. The van der Waals surface area contributed by atoms with E-state index < -0.39 is 15.9 Å². The van der Waals surface area contributed by atoms with Crippen molar-refractivity contribution in [2.75, 3.05) is 18.6 Å². The topological polar surface area (TPSA) is 80.5 Å². The van der Waals surface area contributed by atoms with Crippen LogP contribution in [0.5, 0.6) is 0 Å². The third-order valence-corrected chi connectivity index (χ3v) is 5.10. The Morgan fingerprint density at radius 1 is 1.36 bits per heavy atom. The van der Waals surface area contributed by atoms with Crippen molar-refractivity contribution >= 4 is 15.7 Å². The maximum Gasteiger partial charge on any atom is 0.239 e. The molecule has 1 aromatic rings. The van der Waals surface area contributed by atoms with Crippen molar-refractivity contribution in [3.8, 4) is 0 Å². The van der Waals surface area contributed by atoms with E-state index in [0.717, 1.165) is 11.8 Å². The Bertz CT molecular complexity index is 668. The molecule has 0 aromatic heterocycles. The smallest absolute Gasteiger partial charge is 0.239 e. The zero-order chi connectivity index (χ0) is 16.5. The first-order chi connectivity index (χ1) is 10.1. The fraction of sp³-hybridized carbons (Fsp3) is 0.562. The van der Waals surface area contributed by atoms with Gasteiger partial charge in [-0.15, -0.1) is 0 Å². The fourth-order valence-corrected chi connectivity index (χ4v) is 3.68. The van der Waals surface area contributed by atoms with E-state index in [1.54, 1.807) is 4.90 Å². The third-order valence-electron chi connectivity index (χ3n) is 4.12. The van der Waals surface area contributed by atoms with E-state index in [4.69, 9.17) is 5.73 Å². The minimum atomic E-state index is -3.11. The van der Waals surface area contributed by atoms with Crippen molar-refractivity contribution in [2.24, 2.45) is 5.73 Å². The summed E-state index contributed by atoms with van der Waals surface area (Å²) in [5, 5.41) is 0. The molecule has 1 atom stereocenters. The van der Waals surface area contributed by atoms with Crippen LogP contribution in [0.25, 0.3) is 0 Å². The molecule has 122 valence electrons.